The maximum absolute atomic E-state index is 14.3. The van der Waals surface area contributed by atoms with Gasteiger partial charge in [-0.3, -0.25) is 4.79 Å². The summed E-state index contributed by atoms with van der Waals surface area (Å²) in [4.78, 5) is 14.1. The summed E-state index contributed by atoms with van der Waals surface area (Å²) in [5, 5.41) is 0. The Hall–Kier alpha value is -0.990. The fourth-order valence-corrected chi connectivity index (χ4v) is 4.29. The fraction of sp³-hybridized carbons (Fsp3) is 0.562. The Bertz CT molecular complexity index is 724. The zero-order valence-corrected chi connectivity index (χ0v) is 16.3. The number of likely N-dealkylation sites (tertiary alicyclic amines) is 1. The van der Waals surface area contributed by atoms with Gasteiger partial charge in [0.05, 0.1) is 16.8 Å². The molecule has 1 aromatic carbocycles. The van der Waals surface area contributed by atoms with Crippen molar-refractivity contribution in [2.45, 2.75) is 38.8 Å². The molecule has 0 aromatic heterocycles. The molecule has 0 spiro atoms. The van der Waals surface area contributed by atoms with Crippen LogP contribution in [0.3, 0.4) is 0 Å². The lowest BCUT2D eigenvalue weighted by Crippen LogP contribution is -2.48. The first-order valence-corrected chi connectivity index (χ1v) is 10.5. The van der Waals surface area contributed by atoms with Gasteiger partial charge in [0.2, 0.25) is 15.9 Å². The summed E-state index contributed by atoms with van der Waals surface area (Å²) in [7, 11) is -3.41. The minimum Gasteiger partial charge on any atom is -0.337 e. The van der Waals surface area contributed by atoms with E-state index in [-0.39, 0.29) is 24.1 Å². The molecule has 0 saturated carbocycles. The van der Waals surface area contributed by atoms with Gasteiger partial charge in [0, 0.05) is 18.5 Å². The van der Waals surface area contributed by atoms with Gasteiger partial charge in [-0.15, -0.1) is 0 Å². The number of carbonyl (C=O) groups excluding carboxylic acids is 1. The maximum atomic E-state index is 14.3. The summed E-state index contributed by atoms with van der Waals surface area (Å²) < 4.78 is 40.5. The van der Waals surface area contributed by atoms with E-state index in [2.05, 4.69) is 20.7 Å². The molecule has 1 aromatic rings. The van der Waals surface area contributed by atoms with Crippen LogP contribution in [0.15, 0.2) is 22.7 Å². The minimum atomic E-state index is -3.41. The standard InChI is InChI=1S/C16H22BrFN2O3S/c1-10(2)16(21)20-8-7-13(19-24(3,22)23)14(20)9-11-5-4-6-12(17)15(11)18/h4-6,10,13-14,19H,7-9H2,1-3H3/t13-,14-/m0/s1. The second-order valence-corrected chi connectivity index (χ2v) is 9.09. The van der Waals surface area contributed by atoms with Gasteiger partial charge in [0.25, 0.3) is 0 Å². The number of sulfonamides is 1. The number of amides is 1. The summed E-state index contributed by atoms with van der Waals surface area (Å²) in [6, 6.07) is 4.18. The van der Waals surface area contributed by atoms with Gasteiger partial charge in [0.15, 0.2) is 0 Å². The average molecular weight is 421 g/mol. The highest BCUT2D eigenvalue weighted by atomic mass is 79.9. The summed E-state index contributed by atoms with van der Waals surface area (Å²) in [6.45, 7) is 4.07. The van der Waals surface area contributed by atoms with E-state index in [1.807, 2.05) is 0 Å². The molecule has 0 bridgehead atoms. The highest BCUT2D eigenvalue weighted by Crippen LogP contribution is 2.27. The molecule has 0 aliphatic carbocycles. The molecule has 134 valence electrons. The van der Waals surface area contributed by atoms with Crippen LogP contribution in [-0.2, 0) is 21.2 Å². The number of rotatable bonds is 5. The predicted molar refractivity (Wildman–Crippen MR) is 94.5 cm³/mol. The lowest BCUT2D eigenvalue weighted by molar-refractivity contribution is -0.135. The number of nitrogens with one attached hydrogen (secondary N) is 1. The Morgan fingerprint density at radius 2 is 2.12 bits per heavy atom. The van der Waals surface area contributed by atoms with Gasteiger partial charge in [0.1, 0.15) is 5.82 Å². The van der Waals surface area contributed by atoms with Crippen molar-refractivity contribution < 1.29 is 17.6 Å². The number of nitrogens with zero attached hydrogens (tertiary/aromatic N) is 1. The Labute approximate surface area is 150 Å². The SMILES string of the molecule is CC(C)C(=O)N1CC[C@H](NS(C)(=O)=O)[C@@H]1Cc1cccc(Br)c1F. The zero-order chi connectivity index (χ0) is 18.1. The molecule has 0 unspecified atom stereocenters. The first kappa shape index (κ1) is 19.3. The van der Waals surface area contributed by atoms with Gasteiger partial charge in [-0.25, -0.2) is 17.5 Å². The van der Waals surface area contributed by atoms with Crippen LogP contribution < -0.4 is 4.72 Å². The van der Waals surface area contributed by atoms with Gasteiger partial charge >= 0.3 is 0 Å². The normalized spacial score (nSPS) is 21.5. The lowest BCUT2D eigenvalue weighted by atomic mass is 9.99. The fourth-order valence-electron chi connectivity index (χ4n) is 3.06. The third kappa shape index (κ3) is 4.55. The number of hydrogen-bond acceptors (Lipinski definition) is 3. The number of halogens is 2. The van der Waals surface area contributed by atoms with Gasteiger partial charge in [-0.05, 0) is 40.4 Å². The number of hydrogen-bond donors (Lipinski definition) is 1. The smallest absolute Gasteiger partial charge is 0.225 e. The Balaban J connectivity index is 2.32. The molecular formula is C16H22BrFN2O3S. The van der Waals surface area contributed by atoms with E-state index in [0.29, 0.717) is 23.0 Å². The molecule has 1 aliphatic rings. The van der Waals surface area contributed by atoms with Crippen molar-refractivity contribution in [2.24, 2.45) is 5.92 Å². The highest BCUT2D eigenvalue weighted by molar-refractivity contribution is 9.10. The van der Waals surface area contributed by atoms with Gasteiger partial charge < -0.3 is 4.90 Å². The first-order chi connectivity index (χ1) is 11.1. The van der Waals surface area contributed by atoms with Crippen molar-refractivity contribution in [2.75, 3.05) is 12.8 Å². The molecule has 2 rings (SSSR count). The second kappa shape index (κ2) is 7.49. The summed E-state index contributed by atoms with van der Waals surface area (Å²) in [5.41, 5.74) is 0.457. The number of benzene rings is 1. The van der Waals surface area contributed by atoms with E-state index in [4.69, 9.17) is 0 Å². The van der Waals surface area contributed by atoms with E-state index >= 15 is 0 Å². The van der Waals surface area contributed by atoms with Crippen LogP contribution in [-0.4, -0.2) is 44.1 Å². The molecule has 1 N–H and O–H groups in total. The molecule has 8 heteroatoms. The van der Waals surface area contributed by atoms with Crippen LogP contribution in [0.1, 0.15) is 25.8 Å². The van der Waals surface area contributed by atoms with Crippen molar-refractivity contribution in [1.82, 2.24) is 9.62 Å². The summed E-state index contributed by atoms with van der Waals surface area (Å²) >= 11 is 3.16. The quantitative estimate of drug-likeness (QED) is 0.794. The molecule has 1 saturated heterocycles. The van der Waals surface area contributed by atoms with E-state index in [1.54, 1.807) is 36.9 Å². The third-order valence-electron chi connectivity index (χ3n) is 4.15. The topological polar surface area (TPSA) is 66.5 Å². The molecule has 0 radical (unpaired) electrons. The Morgan fingerprint density at radius 1 is 1.46 bits per heavy atom. The molecule has 1 heterocycles. The van der Waals surface area contributed by atoms with Crippen molar-refractivity contribution >= 4 is 31.9 Å². The van der Waals surface area contributed by atoms with Crippen LogP contribution in [0.4, 0.5) is 4.39 Å². The van der Waals surface area contributed by atoms with E-state index in [1.165, 1.54) is 0 Å². The van der Waals surface area contributed by atoms with Crippen molar-refractivity contribution in [3.05, 3.63) is 34.1 Å². The van der Waals surface area contributed by atoms with Crippen molar-refractivity contribution in [3.8, 4) is 0 Å². The summed E-state index contributed by atoms with van der Waals surface area (Å²) in [6.07, 6.45) is 1.87. The highest BCUT2D eigenvalue weighted by Gasteiger charge is 2.39. The predicted octanol–water partition coefficient (Wildman–Crippen LogP) is 2.31. The van der Waals surface area contributed by atoms with E-state index < -0.39 is 22.1 Å². The van der Waals surface area contributed by atoms with Crippen LogP contribution in [0, 0.1) is 11.7 Å². The maximum Gasteiger partial charge on any atom is 0.225 e. The molecule has 24 heavy (non-hydrogen) atoms. The van der Waals surface area contributed by atoms with E-state index in [9.17, 15) is 17.6 Å². The molecule has 2 atom stereocenters. The second-order valence-electron chi connectivity index (χ2n) is 6.46. The molecule has 1 fully saturated rings. The molecule has 1 aliphatic heterocycles. The first-order valence-electron chi connectivity index (χ1n) is 7.81. The van der Waals surface area contributed by atoms with Crippen LogP contribution >= 0.6 is 15.9 Å². The number of carbonyl (C=O) groups is 1. The van der Waals surface area contributed by atoms with Crippen LogP contribution in [0.25, 0.3) is 0 Å². The third-order valence-corrected chi connectivity index (χ3v) is 5.49. The van der Waals surface area contributed by atoms with Crippen LogP contribution in [0.5, 0.6) is 0 Å². The molecule has 5 nitrogen and oxygen atoms in total. The Kier molecular flexibility index (Phi) is 6.04. The van der Waals surface area contributed by atoms with Gasteiger partial charge in [-0.1, -0.05) is 26.0 Å². The molecular weight excluding hydrogens is 399 g/mol. The lowest BCUT2D eigenvalue weighted by Gasteiger charge is -2.30. The van der Waals surface area contributed by atoms with Crippen molar-refractivity contribution in [3.63, 3.8) is 0 Å². The average Bonchev–Trinajstić information content (AvgIpc) is 2.83. The zero-order valence-electron chi connectivity index (χ0n) is 13.9. The summed E-state index contributed by atoms with van der Waals surface area (Å²) in [5.74, 6) is -0.621. The molecule has 1 amide bonds. The Morgan fingerprint density at radius 3 is 2.71 bits per heavy atom. The minimum absolute atomic E-state index is 0.0480. The largest absolute Gasteiger partial charge is 0.337 e. The van der Waals surface area contributed by atoms with Gasteiger partial charge in [-0.2, -0.15) is 0 Å². The monoisotopic (exact) mass is 420 g/mol. The van der Waals surface area contributed by atoms with Crippen molar-refractivity contribution in [1.29, 1.82) is 0 Å². The van der Waals surface area contributed by atoms with E-state index in [0.717, 1.165) is 6.26 Å². The van der Waals surface area contributed by atoms with Crippen LogP contribution in [0.2, 0.25) is 0 Å².